The molecule has 1 aromatic heterocycles. The SMILES string of the molecule is CC(C)Cc1nnc(NC(=O)c2ccc(N)cc2Cl)s1. The van der Waals surface area contributed by atoms with Gasteiger partial charge in [-0.2, -0.15) is 0 Å². The van der Waals surface area contributed by atoms with Crippen LogP contribution in [0, 0.1) is 5.92 Å². The number of benzene rings is 1. The molecule has 0 aliphatic heterocycles. The van der Waals surface area contributed by atoms with Crippen molar-refractivity contribution < 1.29 is 4.79 Å². The number of carbonyl (C=O) groups excluding carboxylic acids is 1. The van der Waals surface area contributed by atoms with E-state index in [2.05, 4.69) is 29.4 Å². The number of hydrogen-bond acceptors (Lipinski definition) is 5. The Hall–Kier alpha value is -1.66. The molecule has 1 amide bonds. The molecule has 1 aromatic carbocycles. The zero-order valence-corrected chi connectivity index (χ0v) is 12.8. The third-order valence-corrected chi connectivity index (χ3v) is 3.68. The van der Waals surface area contributed by atoms with Gasteiger partial charge in [0, 0.05) is 12.1 Å². The molecule has 0 aliphatic rings. The molecule has 5 nitrogen and oxygen atoms in total. The Labute approximate surface area is 126 Å². The molecule has 20 heavy (non-hydrogen) atoms. The van der Waals surface area contributed by atoms with E-state index in [9.17, 15) is 4.79 Å². The molecular weight excluding hydrogens is 296 g/mol. The number of rotatable bonds is 4. The van der Waals surface area contributed by atoms with Crippen molar-refractivity contribution in [3.63, 3.8) is 0 Å². The Morgan fingerprint density at radius 2 is 2.20 bits per heavy atom. The molecule has 2 aromatic rings. The smallest absolute Gasteiger partial charge is 0.259 e. The first-order valence-electron chi connectivity index (χ1n) is 6.14. The zero-order valence-electron chi connectivity index (χ0n) is 11.2. The van der Waals surface area contributed by atoms with Gasteiger partial charge in [-0.1, -0.05) is 36.8 Å². The van der Waals surface area contributed by atoms with Gasteiger partial charge in [-0.05, 0) is 24.1 Å². The summed E-state index contributed by atoms with van der Waals surface area (Å²) in [5, 5.41) is 12.4. The third-order valence-electron chi connectivity index (χ3n) is 2.51. The largest absolute Gasteiger partial charge is 0.399 e. The van der Waals surface area contributed by atoms with Gasteiger partial charge in [-0.15, -0.1) is 10.2 Å². The molecule has 2 rings (SSSR count). The second kappa shape index (κ2) is 6.19. The van der Waals surface area contributed by atoms with E-state index in [0.29, 0.717) is 27.3 Å². The van der Waals surface area contributed by atoms with E-state index in [1.807, 2.05) is 0 Å². The number of nitrogens with two attached hydrogens (primary N) is 1. The minimum absolute atomic E-state index is 0.314. The number of halogens is 1. The second-order valence-corrected chi connectivity index (χ2v) is 6.26. The van der Waals surface area contributed by atoms with Crippen LogP contribution in [0.1, 0.15) is 29.2 Å². The van der Waals surface area contributed by atoms with Crippen LogP contribution in [0.3, 0.4) is 0 Å². The Morgan fingerprint density at radius 3 is 2.85 bits per heavy atom. The fraction of sp³-hybridized carbons (Fsp3) is 0.308. The van der Waals surface area contributed by atoms with Crippen LogP contribution >= 0.6 is 22.9 Å². The van der Waals surface area contributed by atoms with E-state index in [4.69, 9.17) is 17.3 Å². The molecule has 0 radical (unpaired) electrons. The monoisotopic (exact) mass is 310 g/mol. The minimum Gasteiger partial charge on any atom is -0.399 e. The molecule has 0 spiro atoms. The van der Waals surface area contributed by atoms with Gasteiger partial charge >= 0.3 is 0 Å². The minimum atomic E-state index is -0.317. The molecule has 0 fully saturated rings. The maximum absolute atomic E-state index is 12.1. The topological polar surface area (TPSA) is 80.9 Å². The lowest BCUT2D eigenvalue weighted by atomic mass is 10.1. The van der Waals surface area contributed by atoms with Crippen molar-refractivity contribution in [2.24, 2.45) is 5.92 Å². The number of nitrogen functional groups attached to an aromatic ring is 1. The van der Waals surface area contributed by atoms with Gasteiger partial charge in [0.25, 0.3) is 5.91 Å². The summed E-state index contributed by atoms with van der Waals surface area (Å²) in [4.78, 5) is 12.1. The molecule has 0 aliphatic carbocycles. The fourth-order valence-electron chi connectivity index (χ4n) is 1.62. The number of hydrogen-bond donors (Lipinski definition) is 2. The second-order valence-electron chi connectivity index (χ2n) is 4.79. The molecular formula is C13H15ClN4OS. The maximum atomic E-state index is 12.1. The molecule has 106 valence electrons. The summed E-state index contributed by atoms with van der Waals surface area (Å²) in [6.45, 7) is 4.21. The van der Waals surface area contributed by atoms with Gasteiger partial charge in [-0.3, -0.25) is 10.1 Å². The average Bonchev–Trinajstić information content (AvgIpc) is 2.75. The van der Waals surface area contributed by atoms with Crippen molar-refractivity contribution in [1.82, 2.24) is 10.2 Å². The third kappa shape index (κ3) is 3.68. The van der Waals surface area contributed by atoms with E-state index in [-0.39, 0.29) is 5.91 Å². The van der Waals surface area contributed by atoms with Crippen LogP contribution in [0.2, 0.25) is 5.02 Å². The number of amides is 1. The molecule has 0 unspecified atom stereocenters. The van der Waals surface area contributed by atoms with Crippen LogP contribution in [0.4, 0.5) is 10.8 Å². The summed E-state index contributed by atoms with van der Waals surface area (Å²) in [6, 6.07) is 4.76. The average molecular weight is 311 g/mol. The van der Waals surface area contributed by atoms with Crippen molar-refractivity contribution in [3.05, 3.63) is 33.8 Å². The predicted molar refractivity (Wildman–Crippen MR) is 82.3 cm³/mol. The van der Waals surface area contributed by atoms with Crippen LogP contribution in [-0.4, -0.2) is 16.1 Å². The lowest BCUT2D eigenvalue weighted by Crippen LogP contribution is -2.12. The Balaban J connectivity index is 2.09. The number of nitrogens with one attached hydrogen (secondary N) is 1. The van der Waals surface area contributed by atoms with E-state index in [1.54, 1.807) is 18.2 Å². The normalized spacial score (nSPS) is 10.8. The van der Waals surface area contributed by atoms with Crippen molar-refractivity contribution in [2.75, 3.05) is 11.1 Å². The van der Waals surface area contributed by atoms with Crippen molar-refractivity contribution >= 4 is 39.7 Å². The maximum Gasteiger partial charge on any atom is 0.259 e. The highest BCUT2D eigenvalue weighted by molar-refractivity contribution is 7.15. The first-order valence-corrected chi connectivity index (χ1v) is 7.34. The number of anilines is 2. The Bertz CT molecular complexity index is 627. The summed E-state index contributed by atoms with van der Waals surface area (Å²) < 4.78 is 0. The fourth-order valence-corrected chi connectivity index (χ4v) is 2.84. The first-order chi connectivity index (χ1) is 9.45. The highest BCUT2D eigenvalue weighted by Crippen LogP contribution is 2.22. The predicted octanol–water partition coefficient (Wildman–Crippen LogP) is 3.22. The van der Waals surface area contributed by atoms with E-state index >= 15 is 0 Å². The van der Waals surface area contributed by atoms with Gasteiger partial charge in [0.2, 0.25) is 5.13 Å². The summed E-state index contributed by atoms with van der Waals surface area (Å²) >= 11 is 7.36. The van der Waals surface area contributed by atoms with Crippen LogP contribution in [0.25, 0.3) is 0 Å². The lowest BCUT2D eigenvalue weighted by molar-refractivity contribution is 0.102. The summed E-state index contributed by atoms with van der Waals surface area (Å²) in [5.41, 5.74) is 6.47. The zero-order chi connectivity index (χ0) is 14.7. The molecule has 3 N–H and O–H groups in total. The van der Waals surface area contributed by atoms with Gasteiger partial charge in [0.05, 0.1) is 10.6 Å². The molecule has 0 atom stereocenters. The summed E-state index contributed by atoms with van der Waals surface area (Å²) in [5.74, 6) is 0.181. The van der Waals surface area contributed by atoms with E-state index < -0.39 is 0 Å². The highest BCUT2D eigenvalue weighted by Gasteiger charge is 2.13. The summed E-state index contributed by atoms with van der Waals surface area (Å²) in [6.07, 6.45) is 0.843. The van der Waals surface area contributed by atoms with Gasteiger partial charge in [0.1, 0.15) is 5.01 Å². The molecule has 1 heterocycles. The van der Waals surface area contributed by atoms with Crippen molar-refractivity contribution in [3.8, 4) is 0 Å². The Kier molecular flexibility index (Phi) is 4.57. The van der Waals surface area contributed by atoms with E-state index in [0.717, 1.165) is 11.4 Å². The number of carbonyl (C=O) groups is 1. The quantitative estimate of drug-likeness (QED) is 0.850. The van der Waals surface area contributed by atoms with Gasteiger partial charge < -0.3 is 5.73 Å². The standard InChI is InChI=1S/C13H15ClN4OS/c1-7(2)5-11-17-18-13(20-11)16-12(19)9-4-3-8(15)6-10(9)14/h3-4,6-7H,5,15H2,1-2H3,(H,16,18,19). The van der Waals surface area contributed by atoms with Crippen LogP contribution in [0.5, 0.6) is 0 Å². The van der Waals surface area contributed by atoms with Gasteiger partial charge in [0.15, 0.2) is 0 Å². The molecule has 0 bridgehead atoms. The summed E-state index contributed by atoms with van der Waals surface area (Å²) in [7, 11) is 0. The van der Waals surface area contributed by atoms with Crippen molar-refractivity contribution in [2.45, 2.75) is 20.3 Å². The van der Waals surface area contributed by atoms with Crippen LogP contribution < -0.4 is 11.1 Å². The van der Waals surface area contributed by atoms with E-state index in [1.165, 1.54) is 11.3 Å². The van der Waals surface area contributed by atoms with Crippen molar-refractivity contribution in [1.29, 1.82) is 0 Å². The molecule has 0 saturated carbocycles. The first kappa shape index (κ1) is 14.7. The van der Waals surface area contributed by atoms with Crippen LogP contribution in [0.15, 0.2) is 18.2 Å². The van der Waals surface area contributed by atoms with Gasteiger partial charge in [-0.25, -0.2) is 0 Å². The lowest BCUT2D eigenvalue weighted by Gasteiger charge is -2.04. The molecule has 0 saturated heterocycles. The Morgan fingerprint density at radius 1 is 1.45 bits per heavy atom. The highest BCUT2D eigenvalue weighted by atomic mass is 35.5. The number of nitrogens with zero attached hydrogens (tertiary/aromatic N) is 2. The number of aromatic nitrogens is 2. The van der Waals surface area contributed by atoms with Crippen LogP contribution in [-0.2, 0) is 6.42 Å². The molecule has 7 heteroatoms.